The van der Waals surface area contributed by atoms with E-state index < -0.39 is 53.5 Å². The number of ketones is 1. The van der Waals surface area contributed by atoms with Crippen LogP contribution >= 0.6 is 0 Å². The van der Waals surface area contributed by atoms with Crippen molar-refractivity contribution in [2.45, 2.75) is 58.7 Å². The van der Waals surface area contributed by atoms with Crippen molar-refractivity contribution >= 4 is 23.7 Å². The summed E-state index contributed by atoms with van der Waals surface area (Å²) in [5, 5.41) is 13.1. The van der Waals surface area contributed by atoms with E-state index in [0.717, 1.165) is 11.8 Å². The van der Waals surface area contributed by atoms with Gasteiger partial charge in [-0.25, -0.2) is 9.59 Å². The molecular weight excluding hydrogens is 508 g/mol. The van der Waals surface area contributed by atoms with Crippen LogP contribution in [0, 0.1) is 23.2 Å². The Hall–Kier alpha value is -4.15. The maximum atomic E-state index is 13.6. The highest BCUT2D eigenvalue weighted by Crippen LogP contribution is 2.28. The van der Waals surface area contributed by atoms with Gasteiger partial charge in [0.1, 0.15) is 0 Å². The van der Waals surface area contributed by atoms with E-state index in [1.807, 2.05) is 6.07 Å². The lowest BCUT2D eigenvalue weighted by atomic mass is 9.96. The molecule has 2 heterocycles. The fraction of sp³-hybridized carbons (Fsp3) is 0.500. The lowest BCUT2D eigenvalue weighted by Crippen LogP contribution is -2.58. The van der Waals surface area contributed by atoms with E-state index in [1.165, 1.54) is 24.3 Å². The second kappa shape index (κ2) is 12.1. The number of nitrogens with two attached hydrogens (primary N) is 1. The lowest BCUT2D eigenvalue weighted by molar-refractivity contribution is -0.146. The Bertz CT molecular complexity index is 1340. The summed E-state index contributed by atoms with van der Waals surface area (Å²) in [5.41, 5.74) is 6.63. The van der Waals surface area contributed by atoms with Crippen molar-refractivity contribution < 1.29 is 28.3 Å². The van der Waals surface area contributed by atoms with Crippen LogP contribution in [0.1, 0.15) is 56.8 Å². The molecule has 1 aromatic heterocycles. The van der Waals surface area contributed by atoms with Crippen molar-refractivity contribution in [1.29, 1.82) is 5.26 Å². The Morgan fingerprint density at radius 3 is 2.33 bits per heavy atom. The lowest BCUT2D eigenvalue weighted by Gasteiger charge is -2.34. The number of carbonyl (C=O) groups is 4. The monoisotopic (exact) mass is 540 g/mol. The van der Waals surface area contributed by atoms with Gasteiger partial charge in [-0.1, -0.05) is 27.7 Å². The van der Waals surface area contributed by atoms with Gasteiger partial charge < -0.3 is 14.9 Å². The minimum absolute atomic E-state index is 0.274. The van der Waals surface area contributed by atoms with Crippen LogP contribution in [0.5, 0.6) is 0 Å². The average molecular weight is 541 g/mol. The fourth-order valence-electron chi connectivity index (χ4n) is 4.53. The molecule has 0 unspecified atom stereocenters. The molecule has 0 radical (unpaired) electrons. The summed E-state index contributed by atoms with van der Waals surface area (Å²) in [6, 6.07) is 4.87. The number of ether oxygens (including phenoxy) is 1. The standard InChI is InChI=1S/C26H32N6O7/c1-14(2)19(28)24(35)31(25(36)38-5)23(34)18-7-6-12-30(18)20(15(3)4)21(33)22-29-32(26(37)39-22)17-10-8-16(13-27)9-11-17/h8-11,14-15,18-20H,6-7,12,28H2,1-5H3/t18-,19-,20-/m0/s1. The molecular formula is C26H32N6O7. The maximum Gasteiger partial charge on any atom is 0.442 e. The Morgan fingerprint density at radius 2 is 1.79 bits per heavy atom. The Kier molecular flexibility index (Phi) is 9.15. The van der Waals surface area contributed by atoms with Crippen molar-refractivity contribution in [2.24, 2.45) is 17.6 Å². The predicted molar refractivity (Wildman–Crippen MR) is 137 cm³/mol. The summed E-state index contributed by atoms with van der Waals surface area (Å²) in [5.74, 6) is -4.44. The zero-order valence-corrected chi connectivity index (χ0v) is 22.5. The third-order valence-corrected chi connectivity index (χ3v) is 6.64. The molecule has 3 amide bonds. The van der Waals surface area contributed by atoms with Crippen molar-refractivity contribution in [3.05, 3.63) is 46.3 Å². The van der Waals surface area contributed by atoms with Crippen molar-refractivity contribution in [3.8, 4) is 11.8 Å². The van der Waals surface area contributed by atoms with E-state index in [9.17, 15) is 24.0 Å². The third kappa shape index (κ3) is 5.97. The van der Waals surface area contributed by atoms with Gasteiger partial charge in [0.05, 0.1) is 42.6 Å². The molecule has 0 aliphatic carbocycles. The first-order valence-corrected chi connectivity index (χ1v) is 12.5. The zero-order chi connectivity index (χ0) is 29.0. The van der Waals surface area contributed by atoms with Crippen LogP contribution in [0.25, 0.3) is 5.69 Å². The minimum atomic E-state index is -1.16. The summed E-state index contributed by atoms with van der Waals surface area (Å²) in [6.07, 6.45) is -0.375. The number of benzene rings is 1. The highest BCUT2D eigenvalue weighted by molar-refractivity contribution is 6.12. The van der Waals surface area contributed by atoms with Crippen molar-refractivity contribution in [2.75, 3.05) is 13.7 Å². The van der Waals surface area contributed by atoms with Gasteiger partial charge in [0.25, 0.3) is 17.7 Å². The van der Waals surface area contributed by atoms with Gasteiger partial charge in [-0.3, -0.25) is 19.3 Å². The van der Waals surface area contributed by atoms with Crippen LogP contribution in [0.4, 0.5) is 4.79 Å². The second-order valence-electron chi connectivity index (χ2n) is 9.94. The van der Waals surface area contributed by atoms with Gasteiger partial charge in [-0.15, -0.1) is 5.10 Å². The summed E-state index contributed by atoms with van der Waals surface area (Å²) in [4.78, 5) is 67.2. The summed E-state index contributed by atoms with van der Waals surface area (Å²) in [6.45, 7) is 7.20. The van der Waals surface area contributed by atoms with E-state index in [2.05, 4.69) is 5.10 Å². The number of likely N-dealkylation sites (tertiary alicyclic amines) is 1. The third-order valence-electron chi connectivity index (χ3n) is 6.64. The van der Waals surface area contributed by atoms with E-state index in [0.29, 0.717) is 29.1 Å². The molecule has 1 aliphatic rings. The maximum absolute atomic E-state index is 13.6. The van der Waals surface area contributed by atoms with E-state index in [1.54, 1.807) is 32.6 Å². The van der Waals surface area contributed by atoms with E-state index in [-0.39, 0.29) is 18.3 Å². The van der Waals surface area contributed by atoms with E-state index >= 15 is 0 Å². The smallest absolute Gasteiger partial charge is 0.442 e. The number of aromatic nitrogens is 2. The van der Waals surface area contributed by atoms with Crippen LogP contribution in [0.15, 0.2) is 33.5 Å². The SMILES string of the molecule is COC(=O)N(C(=O)[C@@H](N)C(C)C)C(=O)[C@@H]1CCCN1[C@H](C(=O)c1nn(-c2ccc(C#N)cc2)c(=O)o1)C(C)C. The highest BCUT2D eigenvalue weighted by atomic mass is 16.5. The van der Waals surface area contributed by atoms with Crippen LogP contribution in [0.3, 0.4) is 0 Å². The molecule has 3 atom stereocenters. The van der Waals surface area contributed by atoms with Crippen molar-refractivity contribution in [1.82, 2.24) is 19.6 Å². The number of hydrogen-bond donors (Lipinski definition) is 1. The minimum Gasteiger partial charge on any atom is -0.452 e. The van der Waals surface area contributed by atoms with Crippen LogP contribution in [-0.4, -0.2) is 75.1 Å². The van der Waals surface area contributed by atoms with Gasteiger partial charge in [-0.2, -0.15) is 14.8 Å². The Balaban J connectivity index is 1.94. The molecule has 0 bridgehead atoms. The first kappa shape index (κ1) is 29.4. The number of carbonyl (C=O) groups excluding carboxylic acids is 4. The van der Waals surface area contributed by atoms with Gasteiger partial charge >= 0.3 is 11.8 Å². The fourth-order valence-corrected chi connectivity index (χ4v) is 4.53. The number of methoxy groups -OCH3 is 1. The molecule has 39 heavy (non-hydrogen) atoms. The average Bonchev–Trinajstić information content (AvgIpc) is 3.54. The van der Waals surface area contributed by atoms with Crippen LogP contribution in [-0.2, 0) is 14.3 Å². The quantitative estimate of drug-likeness (QED) is 0.479. The molecule has 2 N–H and O–H groups in total. The normalized spacial score (nSPS) is 17.1. The molecule has 2 aromatic rings. The zero-order valence-electron chi connectivity index (χ0n) is 22.5. The molecule has 1 fully saturated rings. The number of imide groups is 3. The summed E-state index contributed by atoms with van der Waals surface area (Å²) in [7, 11) is 1.05. The number of Topliss-reactive ketones (excluding diaryl/α,β-unsaturated/α-hetero) is 1. The van der Waals surface area contributed by atoms with Gasteiger partial charge in [0, 0.05) is 0 Å². The molecule has 3 rings (SSSR count). The van der Waals surface area contributed by atoms with E-state index in [4.69, 9.17) is 20.1 Å². The molecule has 1 saturated heterocycles. The van der Waals surface area contributed by atoms with Gasteiger partial charge in [0.2, 0.25) is 5.78 Å². The molecule has 13 heteroatoms. The Morgan fingerprint density at radius 1 is 1.15 bits per heavy atom. The summed E-state index contributed by atoms with van der Waals surface area (Å²) < 4.78 is 10.8. The molecule has 1 aliphatic heterocycles. The summed E-state index contributed by atoms with van der Waals surface area (Å²) >= 11 is 0. The topological polar surface area (TPSA) is 182 Å². The van der Waals surface area contributed by atoms with Crippen LogP contribution < -0.4 is 11.5 Å². The number of nitriles is 1. The second-order valence-corrected chi connectivity index (χ2v) is 9.94. The van der Waals surface area contributed by atoms with Gasteiger partial charge in [-0.05, 0) is 55.5 Å². The molecule has 208 valence electrons. The molecule has 13 nitrogen and oxygen atoms in total. The molecule has 1 aromatic carbocycles. The molecule has 0 spiro atoms. The largest absolute Gasteiger partial charge is 0.452 e. The number of amides is 3. The van der Waals surface area contributed by atoms with Gasteiger partial charge in [0.15, 0.2) is 0 Å². The van der Waals surface area contributed by atoms with Crippen molar-refractivity contribution in [3.63, 3.8) is 0 Å². The predicted octanol–water partition coefficient (Wildman–Crippen LogP) is 1.47. The number of hydrogen-bond acceptors (Lipinski definition) is 11. The highest BCUT2D eigenvalue weighted by Gasteiger charge is 2.46. The molecule has 0 saturated carbocycles. The number of rotatable bonds is 8. The first-order valence-electron chi connectivity index (χ1n) is 12.5. The number of nitrogens with zero attached hydrogens (tertiary/aromatic N) is 5. The van der Waals surface area contributed by atoms with Crippen LogP contribution in [0.2, 0.25) is 0 Å². The Labute approximate surface area is 225 Å². The first-order chi connectivity index (χ1) is 18.4.